The molecule has 24 heavy (non-hydrogen) atoms. The molecular formula is C20H26N2O2. The molecule has 0 bridgehead atoms. The number of benzene rings is 1. The van der Waals surface area contributed by atoms with Crippen molar-refractivity contribution in [2.45, 2.75) is 38.5 Å². The molecule has 0 aliphatic heterocycles. The quantitative estimate of drug-likeness (QED) is 0.816. The van der Waals surface area contributed by atoms with Gasteiger partial charge in [0.15, 0.2) is 0 Å². The second kappa shape index (κ2) is 7.65. The molecule has 0 heterocycles. The summed E-state index contributed by atoms with van der Waals surface area (Å²) < 4.78 is 0. The number of hydrogen-bond acceptors (Lipinski definition) is 2. The summed E-state index contributed by atoms with van der Waals surface area (Å²) in [4.78, 5) is 26.4. The number of nitrogens with one attached hydrogen (secondary N) is 1. The number of allylic oxidation sites excluding steroid dienone is 1. The summed E-state index contributed by atoms with van der Waals surface area (Å²) in [5.74, 6) is -0.240. The molecule has 4 nitrogen and oxygen atoms in total. The Morgan fingerprint density at radius 3 is 2.67 bits per heavy atom. The monoisotopic (exact) mass is 326 g/mol. The fraction of sp³-hybridized carbons (Fsp3) is 0.500. The van der Waals surface area contributed by atoms with Crippen LogP contribution in [0.25, 0.3) is 0 Å². The minimum absolute atomic E-state index is 0.0335. The molecule has 2 atom stereocenters. The minimum Gasteiger partial charge on any atom is -0.356 e. The van der Waals surface area contributed by atoms with E-state index in [9.17, 15) is 9.59 Å². The van der Waals surface area contributed by atoms with E-state index >= 15 is 0 Å². The van der Waals surface area contributed by atoms with E-state index in [0.29, 0.717) is 13.0 Å². The van der Waals surface area contributed by atoms with Crippen molar-refractivity contribution >= 4 is 17.5 Å². The van der Waals surface area contributed by atoms with E-state index in [2.05, 4.69) is 11.4 Å². The summed E-state index contributed by atoms with van der Waals surface area (Å²) in [6.45, 7) is 0.691. The molecule has 2 amide bonds. The lowest BCUT2D eigenvalue weighted by molar-refractivity contribution is -0.125. The van der Waals surface area contributed by atoms with Crippen LogP contribution in [0.15, 0.2) is 42.0 Å². The molecule has 0 radical (unpaired) electrons. The van der Waals surface area contributed by atoms with Gasteiger partial charge < -0.3 is 10.2 Å². The molecule has 1 saturated carbocycles. The second-order valence-corrected chi connectivity index (χ2v) is 6.83. The normalized spacial score (nSPS) is 22.5. The molecule has 0 spiro atoms. The van der Waals surface area contributed by atoms with Crippen LogP contribution in [0, 0.1) is 11.8 Å². The van der Waals surface area contributed by atoms with E-state index in [1.165, 1.54) is 31.3 Å². The Bertz CT molecular complexity index is 624. The Hall–Kier alpha value is -2.10. The van der Waals surface area contributed by atoms with E-state index < -0.39 is 0 Å². The first kappa shape index (κ1) is 16.7. The van der Waals surface area contributed by atoms with Gasteiger partial charge in [0.25, 0.3) is 0 Å². The molecule has 1 aromatic rings. The molecule has 0 saturated heterocycles. The van der Waals surface area contributed by atoms with Crippen molar-refractivity contribution in [3.05, 3.63) is 42.0 Å². The molecule has 128 valence electrons. The van der Waals surface area contributed by atoms with E-state index in [1.54, 1.807) is 11.9 Å². The topological polar surface area (TPSA) is 49.4 Å². The van der Waals surface area contributed by atoms with Gasteiger partial charge in [-0.2, -0.15) is 0 Å². The number of para-hydroxylation sites is 1. The van der Waals surface area contributed by atoms with E-state index in [0.717, 1.165) is 12.1 Å². The van der Waals surface area contributed by atoms with Crippen LogP contribution in [-0.2, 0) is 9.59 Å². The number of anilines is 1. The van der Waals surface area contributed by atoms with Crippen LogP contribution in [0.4, 0.5) is 5.69 Å². The Labute approximate surface area is 143 Å². The van der Waals surface area contributed by atoms with Crippen LogP contribution < -0.4 is 10.2 Å². The predicted octanol–water partition coefficient (Wildman–Crippen LogP) is 3.29. The molecule has 0 aromatic heterocycles. The lowest BCUT2D eigenvalue weighted by Crippen LogP contribution is -2.32. The van der Waals surface area contributed by atoms with Crippen LogP contribution in [0.5, 0.6) is 0 Å². The zero-order valence-electron chi connectivity index (χ0n) is 14.3. The van der Waals surface area contributed by atoms with Gasteiger partial charge in [-0.05, 0) is 50.7 Å². The highest BCUT2D eigenvalue weighted by atomic mass is 16.2. The van der Waals surface area contributed by atoms with Gasteiger partial charge in [0, 0.05) is 19.3 Å². The Kier molecular flexibility index (Phi) is 5.34. The van der Waals surface area contributed by atoms with E-state index in [1.807, 2.05) is 30.3 Å². The highest BCUT2D eigenvalue weighted by Gasteiger charge is 2.49. The summed E-state index contributed by atoms with van der Waals surface area (Å²) in [5, 5.41) is 3.00. The summed E-state index contributed by atoms with van der Waals surface area (Å²) >= 11 is 0. The number of carbonyl (C=O) groups excluding carboxylic acids is 2. The van der Waals surface area contributed by atoms with Gasteiger partial charge in [-0.1, -0.05) is 29.8 Å². The van der Waals surface area contributed by atoms with Crippen LogP contribution in [0.2, 0.25) is 0 Å². The van der Waals surface area contributed by atoms with Crippen molar-refractivity contribution in [2.24, 2.45) is 11.8 Å². The molecule has 1 N–H and O–H groups in total. The molecule has 2 aliphatic rings. The third kappa shape index (κ3) is 4.05. The van der Waals surface area contributed by atoms with Gasteiger partial charge in [0.05, 0.1) is 11.8 Å². The SMILES string of the molecule is CN(C(=O)C1CC1C(=O)NCCC1=CCCCC1)c1ccccc1. The maximum Gasteiger partial charge on any atom is 0.230 e. The van der Waals surface area contributed by atoms with Gasteiger partial charge in [-0.3, -0.25) is 9.59 Å². The average molecular weight is 326 g/mol. The third-order valence-electron chi connectivity index (χ3n) is 5.05. The zero-order valence-corrected chi connectivity index (χ0v) is 14.3. The average Bonchev–Trinajstić information content (AvgIpc) is 3.43. The first-order valence-corrected chi connectivity index (χ1v) is 8.95. The maximum atomic E-state index is 12.5. The lowest BCUT2D eigenvalue weighted by atomic mass is 9.97. The van der Waals surface area contributed by atoms with Crippen molar-refractivity contribution in [3.63, 3.8) is 0 Å². The molecular weight excluding hydrogens is 300 g/mol. The van der Waals surface area contributed by atoms with Crippen molar-refractivity contribution < 1.29 is 9.59 Å². The number of hydrogen-bond donors (Lipinski definition) is 1. The Balaban J connectivity index is 1.43. The summed E-state index contributed by atoms with van der Waals surface area (Å²) in [6, 6.07) is 9.57. The zero-order chi connectivity index (χ0) is 16.9. The molecule has 3 rings (SSSR count). The van der Waals surface area contributed by atoms with Crippen LogP contribution in [0.1, 0.15) is 38.5 Å². The molecule has 2 aliphatic carbocycles. The van der Waals surface area contributed by atoms with Gasteiger partial charge in [0.2, 0.25) is 11.8 Å². The van der Waals surface area contributed by atoms with Crippen LogP contribution in [0.3, 0.4) is 0 Å². The summed E-state index contributed by atoms with van der Waals surface area (Å²) in [7, 11) is 1.78. The lowest BCUT2D eigenvalue weighted by Gasteiger charge is -2.17. The highest BCUT2D eigenvalue weighted by molar-refractivity contribution is 6.00. The largest absolute Gasteiger partial charge is 0.356 e. The van der Waals surface area contributed by atoms with E-state index in [-0.39, 0.29) is 23.7 Å². The number of nitrogens with zero attached hydrogens (tertiary/aromatic N) is 1. The molecule has 2 unspecified atom stereocenters. The third-order valence-corrected chi connectivity index (χ3v) is 5.05. The predicted molar refractivity (Wildman–Crippen MR) is 95.6 cm³/mol. The van der Waals surface area contributed by atoms with E-state index in [4.69, 9.17) is 0 Å². The maximum absolute atomic E-state index is 12.5. The smallest absolute Gasteiger partial charge is 0.230 e. The van der Waals surface area contributed by atoms with Crippen molar-refractivity contribution in [1.29, 1.82) is 0 Å². The van der Waals surface area contributed by atoms with Gasteiger partial charge in [-0.25, -0.2) is 0 Å². The number of amides is 2. The first-order chi connectivity index (χ1) is 11.7. The van der Waals surface area contributed by atoms with Crippen molar-refractivity contribution in [1.82, 2.24) is 5.32 Å². The standard InChI is InChI=1S/C20H26N2O2/c1-22(16-10-6-3-7-11-16)20(24)18-14-17(18)19(23)21-13-12-15-8-4-2-5-9-15/h3,6-8,10-11,17-18H,2,4-5,9,12-14H2,1H3,(H,21,23). The van der Waals surface area contributed by atoms with Crippen molar-refractivity contribution in [3.8, 4) is 0 Å². The van der Waals surface area contributed by atoms with Crippen LogP contribution in [-0.4, -0.2) is 25.4 Å². The molecule has 4 heteroatoms. The number of carbonyl (C=O) groups is 2. The fourth-order valence-corrected chi connectivity index (χ4v) is 3.39. The second-order valence-electron chi connectivity index (χ2n) is 6.83. The van der Waals surface area contributed by atoms with Crippen LogP contribution >= 0.6 is 0 Å². The Morgan fingerprint density at radius 2 is 1.96 bits per heavy atom. The fourth-order valence-electron chi connectivity index (χ4n) is 3.39. The number of rotatable bonds is 6. The highest BCUT2D eigenvalue weighted by Crippen LogP contribution is 2.40. The van der Waals surface area contributed by atoms with Gasteiger partial charge in [0.1, 0.15) is 0 Å². The van der Waals surface area contributed by atoms with Gasteiger partial charge in [-0.15, -0.1) is 0 Å². The summed E-state index contributed by atoms with van der Waals surface area (Å²) in [6.07, 6.45) is 8.83. The summed E-state index contributed by atoms with van der Waals surface area (Å²) in [5.41, 5.74) is 2.34. The molecule has 1 fully saturated rings. The van der Waals surface area contributed by atoms with Crippen molar-refractivity contribution in [2.75, 3.05) is 18.5 Å². The Morgan fingerprint density at radius 1 is 1.17 bits per heavy atom. The minimum atomic E-state index is -0.163. The first-order valence-electron chi connectivity index (χ1n) is 8.95. The van der Waals surface area contributed by atoms with Gasteiger partial charge >= 0.3 is 0 Å². The molecule has 1 aromatic carbocycles.